The number of carbonyl (C=O) groups excluding carboxylic acids is 1. The molecule has 0 saturated carbocycles. The summed E-state index contributed by atoms with van der Waals surface area (Å²) in [6.45, 7) is 6.35. The number of esters is 1. The molecule has 0 bridgehead atoms. The molecule has 0 unspecified atom stereocenters. The van der Waals surface area contributed by atoms with Gasteiger partial charge in [-0.05, 0) is 24.6 Å². The molecule has 1 heterocycles. The molecule has 0 amide bonds. The molecule has 0 saturated heterocycles. The van der Waals surface area contributed by atoms with E-state index >= 15 is 0 Å². The Balaban J connectivity index is 0.000000504. The van der Waals surface area contributed by atoms with Crippen LogP contribution in [0.4, 0.5) is 5.69 Å². The van der Waals surface area contributed by atoms with Crippen molar-refractivity contribution in [3.05, 3.63) is 41.6 Å². The van der Waals surface area contributed by atoms with Gasteiger partial charge in [0.25, 0.3) is 0 Å². The molecule has 1 aromatic carbocycles. The van der Waals surface area contributed by atoms with Gasteiger partial charge in [0.1, 0.15) is 6.42 Å². The summed E-state index contributed by atoms with van der Waals surface area (Å²) in [5, 5.41) is 21.9. The molecule has 2 rings (SSSR count). The number of carbonyl (C=O) groups is 1. The molecule has 0 spiro atoms. The van der Waals surface area contributed by atoms with Gasteiger partial charge in [0.15, 0.2) is 5.90 Å². The van der Waals surface area contributed by atoms with E-state index in [0.29, 0.717) is 0 Å². The largest absolute Gasteiger partial charge is 0.496 e. The Bertz CT molecular complexity index is 657. The van der Waals surface area contributed by atoms with E-state index in [4.69, 9.17) is 15.9 Å². The summed E-state index contributed by atoms with van der Waals surface area (Å²) in [6, 6.07) is 8.42. The molecule has 0 atom stereocenters. The Morgan fingerprint density at radius 1 is 1.36 bits per heavy atom. The molecule has 1 aliphatic rings. The number of anilines is 1. The zero-order valence-corrected chi connectivity index (χ0v) is 18.3. The summed E-state index contributed by atoms with van der Waals surface area (Å²) in [7, 11) is 2.06. The van der Waals surface area contributed by atoms with Crippen LogP contribution in [0, 0.1) is 10.8 Å². The van der Waals surface area contributed by atoms with Gasteiger partial charge in [0, 0.05) is 49.5 Å². The number of para-hydroxylation sites is 1. The second-order valence-electron chi connectivity index (χ2n) is 5.85. The Morgan fingerprint density at radius 2 is 1.96 bits per heavy atom. The summed E-state index contributed by atoms with van der Waals surface area (Å²) in [5.41, 5.74) is 3.76. The number of aliphatic hydroxyl groups excluding tert-OH is 1. The van der Waals surface area contributed by atoms with E-state index in [0.717, 1.165) is 0 Å². The van der Waals surface area contributed by atoms with Crippen LogP contribution in [-0.4, -0.2) is 36.8 Å². The van der Waals surface area contributed by atoms with Crippen LogP contribution in [0.5, 0.6) is 0 Å². The molecule has 0 radical (unpaired) electrons. The van der Waals surface area contributed by atoms with E-state index in [1.54, 1.807) is 6.92 Å². The fourth-order valence-electron chi connectivity index (χ4n) is 2.73. The molecule has 3 N–H and O–H groups in total. The molecular weight excluding hydrogens is 372 g/mol. The number of nitrogens with zero attached hydrogens (tertiary/aromatic N) is 1. The molecule has 0 aromatic heterocycles. The molecular formula is C18H25N3O3Zn. The van der Waals surface area contributed by atoms with Crippen molar-refractivity contribution < 1.29 is 34.1 Å². The Morgan fingerprint density at radius 3 is 2.44 bits per heavy atom. The van der Waals surface area contributed by atoms with Crippen LogP contribution in [-0.2, 0) is 34.4 Å². The van der Waals surface area contributed by atoms with E-state index in [9.17, 15) is 4.79 Å². The van der Waals surface area contributed by atoms with Gasteiger partial charge in [-0.3, -0.25) is 10.2 Å². The maximum absolute atomic E-state index is 10.3. The summed E-state index contributed by atoms with van der Waals surface area (Å²) in [4.78, 5) is 12.5. The van der Waals surface area contributed by atoms with Crippen LogP contribution in [0.3, 0.4) is 0 Å². The SMILES string of the molecule is CCOC(=O)CC(=N)O.CN1/C(=C\C=N)C(C)(C)c2ccccc21.[Zn]. The van der Waals surface area contributed by atoms with Crippen LogP contribution in [0.1, 0.15) is 32.8 Å². The molecule has 1 aromatic rings. The van der Waals surface area contributed by atoms with Crippen molar-refractivity contribution in [3.8, 4) is 0 Å². The number of likely N-dealkylation sites (N-methyl/N-ethyl adjacent to an activating group) is 1. The summed E-state index contributed by atoms with van der Waals surface area (Å²) in [6.07, 6.45) is 2.91. The number of hydrogen-bond acceptors (Lipinski definition) is 5. The van der Waals surface area contributed by atoms with Gasteiger partial charge in [-0.2, -0.15) is 0 Å². The van der Waals surface area contributed by atoms with Gasteiger partial charge in [0.05, 0.1) is 6.61 Å². The number of fused-ring (bicyclic) bond motifs is 1. The van der Waals surface area contributed by atoms with Crippen molar-refractivity contribution in [3.63, 3.8) is 0 Å². The third-order valence-electron chi connectivity index (χ3n) is 3.80. The van der Waals surface area contributed by atoms with Crippen LogP contribution in [0.2, 0.25) is 0 Å². The van der Waals surface area contributed by atoms with Gasteiger partial charge in [-0.1, -0.05) is 32.0 Å². The number of hydrogen-bond donors (Lipinski definition) is 3. The second-order valence-corrected chi connectivity index (χ2v) is 5.85. The van der Waals surface area contributed by atoms with Gasteiger partial charge in [-0.15, -0.1) is 0 Å². The standard InChI is InChI=1S/C13H16N2.C5H9NO3.Zn/c1-13(2)10-6-4-5-7-11(10)15(3)12(13)8-9-14;1-2-9-5(8)3-4(6)7;/h4-9,14H,1-3H3;2-3H2,1H3,(H2,6,7);/b12-8-,14-9?;;. The van der Waals surface area contributed by atoms with E-state index in [-0.39, 0.29) is 37.9 Å². The van der Waals surface area contributed by atoms with Crippen molar-refractivity contribution in [2.24, 2.45) is 0 Å². The van der Waals surface area contributed by atoms with Crippen LogP contribution < -0.4 is 4.90 Å². The summed E-state index contributed by atoms with van der Waals surface area (Å²) in [5.74, 6) is -1.22. The summed E-state index contributed by atoms with van der Waals surface area (Å²) >= 11 is 0. The Labute approximate surface area is 161 Å². The zero-order valence-electron chi connectivity index (χ0n) is 15.3. The van der Waals surface area contributed by atoms with E-state index in [1.807, 2.05) is 6.08 Å². The minimum Gasteiger partial charge on any atom is -0.496 e. The number of nitrogens with one attached hydrogen (secondary N) is 2. The van der Waals surface area contributed by atoms with Gasteiger partial charge in [0.2, 0.25) is 0 Å². The van der Waals surface area contributed by atoms with Gasteiger partial charge >= 0.3 is 5.97 Å². The van der Waals surface area contributed by atoms with Crippen molar-refractivity contribution in [1.82, 2.24) is 0 Å². The number of allylic oxidation sites excluding steroid dienone is 2. The number of ether oxygens (including phenoxy) is 1. The third kappa shape index (κ3) is 5.78. The topological polar surface area (TPSA) is 97.5 Å². The van der Waals surface area contributed by atoms with Crippen molar-refractivity contribution in [1.29, 1.82) is 10.8 Å². The van der Waals surface area contributed by atoms with E-state index in [1.165, 1.54) is 23.2 Å². The number of rotatable bonds is 4. The zero-order chi connectivity index (χ0) is 18.3. The van der Waals surface area contributed by atoms with Crippen LogP contribution >= 0.6 is 0 Å². The first-order valence-corrected chi connectivity index (χ1v) is 7.72. The van der Waals surface area contributed by atoms with Crippen molar-refractivity contribution >= 4 is 23.8 Å². The summed E-state index contributed by atoms with van der Waals surface area (Å²) < 4.78 is 4.41. The molecule has 6 nitrogen and oxygen atoms in total. The van der Waals surface area contributed by atoms with Crippen LogP contribution in [0.25, 0.3) is 0 Å². The molecule has 0 aliphatic carbocycles. The molecule has 25 heavy (non-hydrogen) atoms. The molecule has 1 aliphatic heterocycles. The van der Waals surface area contributed by atoms with Crippen LogP contribution in [0.15, 0.2) is 36.0 Å². The average molecular weight is 397 g/mol. The van der Waals surface area contributed by atoms with Gasteiger partial charge < -0.3 is 20.2 Å². The van der Waals surface area contributed by atoms with Crippen molar-refractivity contribution in [2.45, 2.75) is 32.6 Å². The first kappa shape index (κ1) is 23.0. The Hall–Kier alpha value is -2.01. The number of benzene rings is 1. The third-order valence-corrected chi connectivity index (χ3v) is 3.80. The Kier molecular flexibility index (Phi) is 9.28. The minimum absolute atomic E-state index is 0. The first-order valence-electron chi connectivity index (χ1n) is 7.72. The predicted octanol–water partition coefficient (Wildman–Crippen LogP) is 3.42. The maximum atomic E-state index is 10.3. The van der Waals surface area contributed by atoms with Gasteiger partial charge in [-0.25, -0.2) is 0 Å². The molecule has 132 valence electrons. The normalized spacial score (nSPS) is 15.4. The van der Waals surface area contributed by atoms with E-state index < -0.39 is 11.9 Å². The maximum Gasteiger partial charge on any atom is 0.315 e. The quantitative estimate of drug-likeness (QED) is 0.314. The molecule has 0 fully saturated rings. The smallest absolute Gasteiger partial charge is 0.315 e. The average Bonchev–Trinajstić information content (AvgIpc) is 2.69. The molecule has 7 heteroatoms. The fraction of sp³-hybridized carbons (Fsp3) is 0.389. The predicted molar refractivity (Wildman–Crippen MR) is 96.3 cm³/mol. The fourth-order valence-corrected chi connectivity index (χ4v) is 2.73. The first-order chi connectivity index (χ1) is 11.3. The monoisotopic (exact) mass is 395 g/mol. The second kappa shape index (κ2) is 10.1. The minimum atomic E-state index is -0.659. The van der Waals surface area contributed by atoms with Crippen molar-refractivity contribution in [2.75, 3.05) is 18.6 Å². The van der Waals surface area contributed by atoms with E-state index in [2.05, 4.69) is 54.8 Å². The number of aliphatic hydroxyl groups is 1.